The van der Waals surface area contributed by atoms with Crippen molar-refractivity contribution in [3.63, 3.8) is 0 Å². The number of hydrogen-bond acceptors (Lipinski definition) is 3. The van der Waals surface area contributed by atoms with Crippen molar-refractivity contribution >= 4 is 11.7 Å². The molecule has 4 nitrogen and oxygen atoms in total. The Balaban J connectivity index is 2.93. The quantitative estimate of drug-likeness (QED) is 0.848. The highest BCUT2D eigenvalue weighted by Crippen LogP contribution is 2.21. The highest BCUT2D eigenvalue weighted by atomic mass is 19.1. The SMILES string of the molecule is CC(CN(C)C)Nc1c(F)cc(C(=O)O)cc1F. The molecule has 1 aromatic rings. The van der Waals surface area contributed by atoms with Crippen LogP contribution in [0.3, 0.4) is 0 Å². The van der Waals surface area contributed by atoms with E-state index >= 15 is 0 Å². The Morgan fingerprint density at radius 1 is 1.39 bits per heavy atom. The van der Waals surface area contributed by atoms with E-state index < -0.39 is 23.2 Å². The molecule has 0 aliphatic carbocycles. The van der Waals surface area contributed by atoms with Crippen LogP contribution in [0.25, 0.3) is 0 Å². The van der Waals surface area contributed by atoms with Gasteiger partial charge in [-0.3, -0.25) is 0 Å². The van der Waals surface area contributed by atoms with Crippen LogP contribution in [-0.2, 0) is 0 Å². The molecule has 0 amide bonds. The Morgan fingerprint density at radius 2 is 1.89 bits per heavy atom. The zero-order valence-corrected chi connectivity index (χ0v) is 10.5. The molecule has 2 N–H and O–H groups in total. The molecule has 0 saturated heterocycles. The molecule has 0 fully saturated rings. The average Bonchev–Trinajstić information content (AvgIpc) is 2.21. The minimum absolute atomic E-state index is 0.167. The maximum atomic E-state index is 13.6. The fraction of sp³-hybridized carbons (Fsp3) is 0.417. The smallest absolute Gasteiger partial charge is 0.335 e. The Hall–Kier alpha value is -1.69. The first-order valence-corrected chi connectivity index (χ1v) is 5.45. The van der Waals surface area contributed by atoms with Gasteiger partial charge < -0.3 is 15.3 Å². The largest absolute Gasteiger partial charge is 0.478 e. The standard InChI is InChI=1S/C12H16F2N2O2/c1-7(6-16(2)3)15-11-9(13)4-8(12(17)18)5-10(11)14/h4-5,7,15H,6H2,1-3H3,(H,17,18). The van der Waals surface area contributed by atoms with Crippen LogP contribution in [0.1, 0.15) is 17.3 Å². The van der Waals surface area contributed by atoms with E-state index in [4.69, 9.17) is 5.11 Å². The third-order valence-electron chi connectivity index (χ3n) is 2.32. The van der Waals surface area contributed by atoms with Gasteiger partial charge in [-0.1, -0.05) is 0 Å². The van der Waals surface area contributed by atoms with E-state index in [-0.39, 0.29) is 11.7 Å². The molecule has 0 spiro atoms. The first-order chi connectivity index (χ1) is 8.31. The van der Waals surface area contributed by atoms with E-state index in [0.29, 0.717) is 6.54 Å². The van der Waals surface area contributed by atoms with Crippen molar-refractivity contribution in [1.82, 2.24) is 4.90 Å². The van der Waals surface area contributed by atoms with E-state index in [1.165, 1.54) is 0 Å². The topological polar surface area (TPSA) is 52.6 Å². The zero-order chi connectivity index (χ0) is 13.9. The van der Waals surface area contributed by atoms with Gasteiger partial charge in [0.15, 0.2) is 0 Å². The second-order valence-electron chi connectivity index (χ2n) is 4.43. The van der Waals surface area contributed by atoms with Crippen molar-refractivity contribution in [2.75, 3.05) is 26.0 Å². The van der Waals surface area contributed by atoms with Crippen LogP contribution in [0.2, 0.25) is 0 Å². The lowest BCUT2D eigenvalue weighted by molar-refractivity contribution is 0.0696. The van der Waals surface area contributed by atoms with Crippen LogP contribution in [0.4, 0.5) is 14.5 Å². The van der Waals surface area contributed by atoms with Crippen molar-refractivity contribution in [3.05, 3.63) is 29.3 Å². The van der Waals surface area contributed by atoms with E-state index in [9.17, 15) is 13.6 Å². The molecule has 18 heavy (non-hydrogen) atoms. The van der Waals surface area contributed by atoms with Crippen molar-refractivity contribution in [2.24, 2.45) is 0 Å². The third-order valence-corrected chi connectivity index (χ3v) is 2.32. The van der Waals surface area contributed by atoms with Gasteiger partial charge in [0.1, 0.15) is 17.3 Å². The number of benzene rings is 1. The van der Waals surface area contributed by atoms with Crippen LogP contribution in [0, 0.1) is 11.6 Å². The predicted molar refractivity (Wildman–Crippen MR) is 65.0 cm³/mol. The van der Waals surface area contributed by atoms with Gasteiger partial charge in [-0.2, -0.15) is 0 Å². The van der Waals surface area contributed by atoms with E-state index in [2.05, 4.69) is 5.32 Å². The number of nitrogens with one attached hydrogen (secondary N) is 1. The normalized spacial score (nSPS) is 12.6. The van der Waals surface area contributed by atoms with E-state index in [1.807, 2.05) is 19.0 Å². The number of likely N-dealkylation sites (N-methyl/N-ethyl adjacent to an activating group) is 1. The lowest BCUT2D eigenvalue weighted by Crippen LogP contribution is -2.30. The number of carbonyl (C=O) groups is 1. The molecule has 0 heterocycles. The molecule has 0 bridgehead atoms. The van der Waals surface area contributed by atoms with Gasteiger partial charge in [-0.15, -0.1) is 0 Å². The van der Waals surface area contributed by atoms with Gasteiger partial charge in [0, 0.05) is 12.6 Å². The molecule has 0 aromatic heterocycles. The monoisotopic (exact) mass is 258 g/mol. The Kier molecular flexibility index (Phi) is 4.61. The highest BCUT2D eigenvalue weighted by molar-refractivity contribution is 5.88. The summed E-state index contributed by atoms with van der Waals surface area (Å²) in [6.07, 6.45) is 0. The molecule has 1 unspecified atom stereocenters. The minimum Gasteiger partial charge on any atom is -0.478 e. The summed E-state index contributed by atoms with van der Waals surface area (Å²) in [5.41, 5.74) is -0.704. The average molecular weight is 258 g/mol. The van der Waals surface area contributed by atoms with Crippen molar-refractivity contribution in [1.29, 1.82) is 0 Å². The van der Waals surface area contributed by atoms with Gasteiger partial charge in [0.25, 0.3) is 0 Å². The third kappa shape index (κ3) is 3.66. The second-order valence-corrected chi connectivity index (χ2v) is 4.43. The number of hydrogen-bond donors (Lipinski definition) is 2. The molecule has 0 saturated carbocycles. The maximum absolute atomic E-state index is 13.6. The van der Waals surface area contributed by atoms with Crippen LogP contribution in [0.15, 0.2) is 12.1 Å². The number of rotatable bonds is 5. The fourth-order valence-corrected chi connectivity index (χ4v) is 1.67. The lowest BCUT2D eigenvalue weighted by Gasteiger charge is -2.20. The number of carboxylic acid groups (broad SMARTS) is 1. The second kappa shape index (κ2) is 5.77. The number of anilines is 1. The molecular weight excluding hydrogens is 242 g/mol. The van der Waals surface area contributed by atoms with E-state index in [0.717, 1.165) is 12.1 Å². The van der Waals surface area contributed by atoms with Crippen molar-refractivity contribution in [2.45, 2.75) is 13.0 Å². The van der Waals surface area contributed by atoms with Gasteiger partial charge in [0.2, 0.25) is 0 Å². The number of carboxylic acids is 1. The number of aromatic carboxylic acids is 1. The van der Waals surface area contributed by atoms with E-state index in [1.54, 1.807) is 6.92 Å². The molecule has 0 radical (unpaired) electrons. The Bertz CT molecular complexity index is 427. The van der Waals surface area contributed by atoms with Crippen LogP contribution < -0.4 is 5.32 Å². The molecule has 1 aromatic carbocycles. The maximum Gasteiger partial charge on any atom is 0.335 e. The number of halogens is 2. The molecule has 1 atom stereocenters. The predicted octanol–water partition coefficient (Wildman–Crippen LogP) is 2.03. The van der Waals surface area contributed by atoms with Crippen LogP contribution in [0.5, 0.6) is 0 Å². The van der Waals surface area contributed by atoms with Crippen molar-refractivity contribution < 1.29 is 18.7 Å². The van der Waals surface area contributed by atoms with Crippen LogP contribution >= 0.6 is 0 Å². The molecule has 1 rings (SSSR count). The van der Waals surface area contributed by atoms with Gasteiger partial charge in [-0.25, -0.2) is 13.6 Å². The number of nitrogens with zero attached hydrogens (tertiary/aromatic N) is 1. The summed E-state index contributed by atoms with van der Waals surface area (Å²) < 4.78 is 27.2. The first-order valence-electron chi connectivity index (χ1n) is 5.45. The molecular formula is C12H16F2N2O2. The summed E-state index contributed by atoms with van der Waals surface area (Å²) in [7, 11) is 3.69. The zero-order valence-electron chi connectivity index (χ0n) is 10.5. The summed E-state index contributed by atoms with van der Waals surface area (Å²) in [5, 5.41) is 11.4. The summed E-state index contributed by atoms with van der Waals surface area (Å²) >= 11 is 0. The summed E-state index contributed by atoms with van der Waals surface area (Å²) in [6, 6.07) is 1.44. The molecule has 0 aliphatic rings. The highest BCUT2D eigenvalue weighted by Gasteiger charge is 2.16. The van der Waals surface area contributed by atoms with Crippen molar-refractivity contribution in [3.8, 4) is 0 Å². The minimum atomic E-state index is -1.36. The first kappa shape index (κ1) is 14.4. The summed E-state index contributed by atoms with van der Waals surface area (Å²) in [4.78, 5) is 12.5. The van der Waals surface area contributed by atoms with Gasteiger partial charge in [0.05, 0.1) is 5.56 Å². The molecule has 0 aliphatic heterocycles. The Morgan fingerprint density at radius 3 is 2.28 bits per heavy atom. The fourth-order valence-electron chi connectivity index (χ4n) is 1.67. The van der Waals surface area contributed by atoms with Crippen LogP contribution in [-0.4, -0.2) is 42.7 Å². The van der Waals surface area contributed by atoms with Gasteiger partial charge >= 0.3 is 5.97 Å². The Labute approximate surface area is 104 Å². The summed E-state index contributed by atoms with van der Waals surface area (Å²) in [5.74, 6) is -3.17. The van der Waals surface area contributed by atoms with Gasteiger partial charge in [-0.05, 0) is 33.2 Å². The lowest BCUT2D eigenvalue weighted by atomic mass is 10.1. The summed E-state index contributed by atoms with van der Waals surface area (Å²) in [6.45, 7) is 2.38. The molecule has 100 valence electrons. The molecule has 6 heteroatoms.